The molecule has 1 aromatic carbocycles. The second-order valence-electron chi connectivity index (χ2n) is 6.67. The molecule has 2 aliphatic heterocycles. The Morgan fingerprint density at radius 2 is 1.81 bits per heavy atom. The first-order valence-corrected chi connectivity index (χ1v) is 9.93. The first-order chi connectivity index (χ1) is 12.8. The van der Waals surface area contributed by atoms with Gasteiger partial charge < -0.3 is 9.64 Å². The molecule has 6 nitrogen and oxygen atoms in total. The van der Waals surface area contributed by atoms with E-state index in [4.69, 9.17) is 4.74 Å². The van der Waals surface area contributed by atoms with Crippen LogP contribution >= 0.6 is 11.9 Å². The lowest BCUT2D eigenvalue weighted by atomic mass is 10.2. The lowest BCUT2D eigenvalue weighted by Crippen LogP contribution is -2.47. The summed E-state index contributed by atoms with van der Waals surface area (Å²) in [5.41, 5.74) is 1.46. The summed E-state index contributed by atoms with van der Waals surface area (Å²) in [4.78, 5) is 15.0. The fourth-order valence-electron chi connectivity index (χ4n) is 3.43. The summed E-state index contributed by atoms with van der Waals surface area (Å²) < 4.78 is 7.60. The first-order valence-electron chi connectivity index (χ1n) is 9.16. The van der Waals surface area contributed by atoms with E-state index in [0.717, 1.165) is 51.8 Å². The van der Waals surface area contributed by atoms with E-state index >= 15 is 0 Å². The van der Waals surface area contributed by atoms with Gasteiger partial charge in [0.25, 0.3) is 0 Å². The van der Waals surface area contributed by atoms with Gasteiger partial charge in [0.2, 0.25) is 5.95 Å². The molecular weight excluding hydrogens is 346 g/mol. The topological polar surface area (TPSA) is 44.7 Å². The Hall–Kier alpha value is -1.83. The molecule has 2 aliphatic rings. The lowest BCUT2D eigenvalue weighted by Gasteiger charge is -2.34. The van der Waals surface area contributed by atoms with E-state index in [1.165, 1.54) is 16.9 Å². The predicted molar refractivity (Wildman–Crippen MR) is 105 cm³/mol. The van der Waals surface area contributed by atoms with Crippen molar-refractivity contribution in [2.75, 3.05) is 51.3 Å². The Balaban J connectivity index is 1.18. The van der Waals surface area contributed by atoms with Crippen molar-refractivity contribution < 1.29 is 4.74 Å². The first kappa shape index (κ1) is 17.6. The number of nitrogens with zero attached hydrogens (tertiary/aromatic N) is 5. The van der Waals surface area contributed by atoms with Gasteiger partial charge in [0.1, 0.15) is 0 Å². The number of anilines is 1. The highest BCUT2D eigenvalue weighted by molar-refractivity contribution is 7.97. The maximum absolute atomic E-state index is 5.12. The van der Waals surface area contributed by atoms with Crippen molar-refractivity contribution in [3.8, 4) is 5.75 Å². The average Bonchev–Trinajstić information content (AvgIpc) is 3.11. The minimum Gasteiger partial charge on any atom is -0.494 e. The molecule has 0 saturated carbocycles. The monoisotopic (exact) mass is 371 g/mol. The van der Waals surface area contributed by atoms with Crippen molar-refractivity contribution in [1.29, 1.82) is 0 Å². The van der Waals surface area contributed by atoms with Gasteiger partial charge in [-0.15, -0.1) is 0 Å². The molecule has 4 rings (SSSR count). The molecule has 138 valence electrons. The fourth-order valence-corrected chi connectivity index (χ4v) is 4.52. The molecule has 0 atom stereocenters. The van der Waals surface area contributed by atoms with Gasteiger partial charge in [-0.2, -0.15) is 0 Å². The van der Waals surface area contributed by atoms with Crippen LogP contribution in [0.2, 0.25) is 0 Å². The number of hydrogen-bond acceptors (Lipinski definition) is 7. The average molecular weight is 372 g/mol. The number of piperazine rings is 1. The predicted octanol–water partition coefficient (Wildman–Crippen LogP) is 2.52. The molecule has 26 heavy (non-hydrogen) atoms. The van der Waals surface area contributed by atoms with Crippen LogP contribution in [0.3, 0.4) is 0 Å². The van der Waals surface area contributed by atoms with Gasteiger partial charge in [-0.3, -0.25) is 4.90 Å². The summed E-state index contributed by atoms with van der Waals surface area (Å²) >= 11 is 1.90. The highest BCUT2D eigenvalue weighted by Gasteiger charge is 2.21. The minimum absolute atomic E-state index is 0.703. The SMILES string of the molecule is COc1cnc(N2CCN(CCCN3Cc4ccccc4S3)CC2)nc1. The number of fused-ring (bicyclic) bond motifs is 1. The summed E-state index contributed by atoms with van der Waals surface area (Å²) in [6.07, 6.45) is 4.68. The van der Waals surface area contributed by atoms with E-state index < -0.39 is 0 Å². The largest absolute Gasteiger partial charge is 0.494 e. The quantitative estimate of drug-likeness (QED) is 0.723. The van der Waals surface area contributed by atoms with Crippen LogP contribution in [0.4, 0.5) is 5.95 Å². The van der Waals surface area contributed by atoms with Crippen LogP contribution in [0.1, 0.15) is 12.0 Å². The van der Waals surface area contributed by atoms with Gasteiger partial charge in [0.15, 0.2) is 5.75 Å². The van der Waals surface area contributed by atoms with Crippen molar-refractivity contribution in [3.05, 3.63) is 42.2 Å². The smallest absolute Gasteiger partial charge is 0.225 e. The van der Waals surface area contributed by atoms with E-state index in [0.29, 0.717) is 5.75 Å². The third kappa shape index (κ3) is 4.11. The van der Waals surface area contributed by atoms with Crippen LogP contribution in [0.5, 0.6) is 5.75 Å². The molecule has 3 heterocycles. The molecule has 1 aromatic heterocycles. The zero-order chi connectivity index (χ0) is 17.8. The second-order valence-corrected chi connectivity index (χ2v) is 7.81. The third-order valence-electron chi connectivity index (χ3n) is 4.93. The highest BCUT2D eigenvalue weighted by atomic mass is 32.2. The number of methoxy groups -OCH3 is 1. The summed E-state index contributed by atoms with van der Waals surface area (Å²) in [5.74, 6) is 1.51. The standard InChI is InChI=1S/C19H25N5OS/c1-25-17-13-20-19(21-14-17)23-11-9-22(10-12-23)7-4-8-24-15-16-5-2-3-6-18(16)26-24/h2-3,5-6,13-14H,4,7-12,15H2,1H3. The minimum atomic E-state index is 0.703. The maximum atomic E-state index is 5.12. The van der Waals surface area contributed by atoms with Crippen LogP contribution in [-0.2, 0) is 6.54 Å². The molecule has 0 N–H and O–H groups in total. The molecule has 0 bridgehead atoms. The van der Waals surface area contributed by atoms with Gasteiger partial charge in [-0.05, 0) is 36.5 Å². The van der Waals surface area contributed by atoms with E-state index in [9.17, 15) is 0 Å². The van der Waals surface area contributed by atoms with Crippen LogP contribution in [0.25, 0.3) is 0 Å². The van der Waals surface area contributed by atoms with E-state index in [2.05, 4.69) is 48.3 Å². The van der Waals surface area contributed by atoms with Crippen LogP contribution in [0.15, 0.2) is 41.6 Å². The molecule has 0 spiro atoms. The zero-order valence-electron chi connectivity index (χ0n) is 15.2. The maximum Gasteiger partial charge on any atom is 0.225 e. The van der Waals surface area contributed by atoms with E-state index in [1.54, 1.807) is 19.5 Å². The van der Waals surface area contributed by atoms with E-state index in [-0.39, 0.29) is 0 Å². The summed E-state index contributed by atoms with van der Waals surface area (Å²) in [6, 6.07) is 8.72. The third-order valence-corrected chi connectivity index (χ3v) is 6.10. The van der Waals surface area contributed by atoms with Crippen LogP contribution in [0, 0.1) is 0 Å². The number of hydrogen-bond donors (Lipinski definition) is 0. The van der Waals surface area contributed by atoms with Crippen molar-refractivity contribution in [3.63, 3.8) is 0 Å². The van der Waals surface area contributed by atoms with Crippen molar-refractivity contribution >= 4 is 17.9 Å². The highest BCUT2D eigenvalue weighted by Crippen LogP contribution is 2.35. The molecular formula is C19H25N5OS. The van der Waals surface area contributed by atoms with Crippen LogP contribution < -0.4 is 9.64 Å². The summed E-state index contributed by atoms with van der Waals surface area (Å²) in [7, 11) is 1.64. The molecule has 7 heteroatoms. The number of benzene rings is 1. The van der Waals surface area contributed by atoms with Gasteiger partial charge in [0, 0.05) is 44.2 Å². The molecule has 0 radical (unpaired) electrons. The zero-order valence-corrected chi connectivity index (χ0v) is 16.0. The van der Waals surface area contributed by atoms with Crippen molar-refractivity contribution in [2.24, 2.45) is 0 Å². The molecule has 0 unspecified atom stereocenters. The fraction of sp³-hybridized carbons (Fsp3) is 0.474. The Labute approximate surface area is 159 Å². The van der Waals surface area contributed by atoms with Gasteiger partial charge in [-0.25, -0.2) is 14.3 Å². The molecule has 1 saturated heterocycles. The summed E-state index contributed by atoms with van der Waals surface area (Å²) in [5, 5.41) is 0. The molecule has 0 aliphatic carbocycles. The van der Waals surface area contributed by atoms with Gasteiger partial charge >= 0.3 is 0 Å². The number of rotatable bonds is 6. The second kappa shape index (κ2) is 8.24. The Morgan fingerprint density at radius 3 is 2.54 bits per heavy atom. The van der Waals surface area contributed by atoms with E-state index in [1.807, 2.05) is 11.9 Å². The van der Waals surface area contributed by atoms with Gasteiger partial charge in [-0.1, -0.05) is 18.2 Å². The Bertz CT molecular complexity index is 693. The van der Waals surface area contributed by atoms with Crippen molar-refractivity contribution in [1.82, 2.24) is 19.2 Å². The normalized spacial score (nSPS) is 18.1. The molecule has 0 amide bonds. The van der Waals surface area contributed by atoms with Crippen molar-refractivity contribution in [2.45, 2.75) is 17.9 Å². The number of aromatic nitrogens is 2. The molecule has 2 aromatic rings. The summed E-state index contributed by atoms with van der Waals surface area (Å²) in [6.45, 7) is 7.48. The Kier molecular flexibility index (Phi) is 5.57. The lowest BCUT2D eigenvalue weighted by molar-refractivity contribution is 0.246. The number of ether oxygens (including phenoxy) is 1. The van der Waals surface area contributed by atoms with Gasteiger partial charge in [0.05, 0.1) is 19.5 Å². The van der Waals surface area contributed by atoms with Crippen LogP contribution in [-0.4, -0.2) is 65.6 Å². The Morgan fingerprint density at radius 1 is 1.04 bits per heavy atom. The molecule has 1 fully saturated rings.